The lowest BCUT2D eigenvalue weighted by Crippen LogP contribution is -2.54. The van der Waals surface area contributed by atoms with Crippen molar-refractivity contribution in [1.29, 1.82) is 0 Å². The lowest BCUT2D eigenvalue weighted by atomic mass is 9.66. The fourth-order valence-electron chi connectivity index (χ4n) is 5.38. The van der Waals surface area contributed by atoms with Gasteiger partial charge in [0.2, 0.25) is 6.79 Å². The summed E-state index contributed by atoms with van der Waals surface area (Å²) in [6.45, 7) is 2.08. The number of aliphatic hydroxyl groups is 1. The number of nitrogens with zero attached hydrogens (tertiary/aromatic N) is 1. The SMILES string of the molecule is O[C@@]12CCCC[C@@H]1[C@H](c1ccc3c(c1)OCO3)N(C/C=C/c1ccccc1)CC2. The maximum absolute atomic E-state index is 11.4. The Kier molecular flexibility index (Phi) is 5.06. The van der Waals surface area contributed by atoms with Crippen LogP contribution in [0.3, 0.4) is 0 Å². The number of hydrogen-bond donors (Lipinski definition) is 1. The summed E-state index contributed by atoms with van der Waals surface area (Å²) in [4.78, 5) is 2.53. The molecule has 29 heavy (non-hydrogen) atoms. The van der Waals surface area contributed by atoms with Crippen molar-refractivity contribution in [2.24, 2.45) is 5.92 Å². The molecule has 0 aromatic heterocycles. The van der Waals surface area contributed by atoms with Gasteiger partial charge in [-0.1, -0.05) is 61.4 Å². The molecule has 0 unspecified atom stereocenters. The number of ether oxygens (including phenoxy) is 2. The van der Waals surface area contributed by atoms with Crippen LogP contribution in [-0.2, 0) is 0 Å². The van der Waals surface area contributed by atoms with Gasteiger partial charge in [-0.05, 0) is 42.5 Å². The minimum Gasteiger partial charge on any atom is -0.454 e. The van der Waals surface area contributed by atoms with Crippen LogP contribution in [0, 0.1) is 5.92 Å². The Morgan fingerprint density at radius 3 is 2.79 bits per heavy atom. The number of piperidine rings is 1. The molecule has 4 nitrogen and oxygen atoms in total. The van der Waals surface area contributed by atoms with E-state index < -0.39 is 5.60 Å². The molecule has 4 heteroatoms. The van der Waals surface area contributed by atoms with E-state index in [0.29, 0.717) is 6.79 Å². The van der Waals surface area contributed by atoms with Crippen molar-refractivity contribution >= 4 is 6.08 Å². The van der Waals surface area contributed by atoms with Crippen molar-refractivity contribution in [2.45, 2.75) is 43.7 Å². The molecule has 2 fully saturated rings. The third-order valence-corrected chi connectivity index (χ3v) is 6.86. The fraction of sp³-hybridized carbons (Fsp3) is 0.440. The second kappa shape index (κ2) is 7.85. The molecular formula is C25H29NO3. The van der Waals surface area contributed by atoms with E-state index in [0.717, 1.165) is 50.3 Å². The van der Waals surface area contributed by atoms with Gasteiger partial charge in [0, 0.05) is 25.0 Å². The number of rotatable bonds is 4. The number of hydrogen-bond acceptors (Lipinski definition) is 4. The molecule has 1 saturated carbocycles. The largest absolute Gasteiger partial charge is 0.454 e. The monoisotopic (exact) mass is 391 g/mol. The van der Waals surface area contributed by atoms with Gasteiger partial charge < -0.3 is 14.6 Å². The Hall–Kier alpha value is -2.30. The molecule has 1 aliphatic carbocycles. The molecule has 2 aliphatic heterocycles. The van der Waals surface area contributed by atoms with Crippen molar-refractivity contribution in [3.8, 4) is 11.5 Å². The van der Waals surface area contributed by atoms with E-state index in [2.05, 4.69) is 53.5 Å². The van der Waals surface area contributed by atoms with Crippen LogP contribution >= 0.6 is 0 Å². The smallest absolute Gasteiger partial charge is 0.231 e. The zero-order chi connectivity index (χ0) is 19.7. The average Bonchev–Trinajstić information content (AvgIpc) is 3.22. The minimum absolute atomic E-state index is 0.198. The van der Waals surface area contributed by atoms with Crippen molar-refractivity contribution < 1.29 is 14.6 Å². The molecule has 152 valence electrons. The van der Waals surface area contributed by atoms with Crippen LogP contribution in [0.2, 0.25) is 0 Å². The van der Waals surface area contributed by atoms with Crippen molar-refractivity contribution in [3.05, 3.63) is 65.7 Å². The molecule has 0 radical (unpaired) electrons. The highest BCUT2D eigenvalue weighted by Gasteiger charge is 2.48. The summed E-state index contributed by atoms with van der Waals surface area (Å²) in [5.74, 6) is 1.90. The minimum atomic E-state index is -0.543. The highest BCUT2D eigenvalue weighted by molar-refractivity contribution is 5.49. The topological polar surface area (TPSA) is 41.9 Å². The first-order valence-electron chi connectivity index (χ1n) is 10.8. The van der Waals surface area contributed by atoms with Crippen LogP contribution in [0.25, 0.3) is 6.08 Å². The molecule has 2 aromatic rings. The third-order valence-electron chi connectivity index (χ3n) is 6.86. The van der Waals surface area contributed by atoms with E-state index in [4.69, 9.17) is 9.47 Å². The maximum atomic E-state index is 11.4. The molecule has 1 saturated heterocycles. The summed E-state index contributed by atoms with van der Waals surface area (Å²) in [6.07, 6.45) is 9.64. The van der Waals surface area contributed by atoms with Gasteiger partial charge in [-0.15, -0.1) is 0 Å². The standard InChI is InChI=1S/C25H29NO3/c27-25-13-5-4-10-21(25)24(20-11-12-22-23(17-20)29-18-28-22)26(16-14-25)15-6-9-19-7-2-1-3-8-19/h1-3,6-9,11-12,17,21,24,27H,4-5,10,13-16,18H2/b9-6+/t21-,24+,25-/m1/s1. The highest BCUT2D eigenvalue weighted by Crippen LogP contribution is 2.50. The lowest BCUT2D eigenvalue weighted by Gasteiger charge is -2.52. The third kappa shape index (κ3) is 3.67. The molecular weight excluding hydrogens is 362 g/mol. The molecule has 2 heterocycles. The molecule has 3 atom stereocenters. The van der Waals surface area contributed by atoms with Gasteiger partial charge in [0.15, 0.2) is 11.5 Å². The van der Waals surface area contributed by atoms with Gasteiger partial charge in [-0.2, -0.15) is 0 Å². The lowest BCUT2D eigenvalue weighted by molar-refractivity contribution is -0.122. The normalized spacial score (nSPS) is 29.1. The number of benzene rings is 2. The maximum Gasteiger partial charge on any atom is 0.231 e. The fourth-order valence-corrected chi connectivity index (χ4v) is 5.38. The Bertz CT molecular complexity index is 881. The van der Waals surface area contributed by atoms with E-state index in [1.54, 1.807) is 0 Å². The van der Waals surface area contributed by atoms with Crippen molar-refractivity contribution in [1.82, 2.24) is 4.90 Å². The molecule has 2 aromatic carbocycles. The molecule has 1 N–H and O–H groups in total. The van der Waals surface area contributed by atoms with Crippen LogP contribution in [0.15, 0.2) is 54.6 Å². The highest BCUT2D eigenvalue weighted by atomic mass is 16.7. The average molecular weight is 392 g/mol. The van der Waals surface area contributed by atoms with Gasteiger partial charge in [0.05, 0.1) is 5.60 Å². The van der Waals surface area contributed by atoms with Gasteiger partial charge in [-0.25, -0.2) is 0 Å². The Morgan fingerprint density at radius 2 is 1.90 bits per heavy atom. The summed E-state index contributed by atoms with van der Waals surface area (Å²) in [5.41, 5.74) is 1.91. The van der Waals surface area contributed by atoms with Gasteiger partial charge in [0.25, 0.3) is 0 Å². The number of likely N-dealkylation sites (tertiary alicyclic amines) is 1. The first-order chi connectivity index (χ1) is 14.2. The summed E-state index contributed by atoms with van der Waals surface area (Å²) < 4.78 is 11.2. The Balaban J connectivity index is 1.43. The van der Waals surface area contributed by atoms with Crippen LogP contribution in [-0.4, -0.2) is 35.5 Å². The predicted octanol–water partition coefficient (Wildman–Crippen LogP) is 4.80. The van der Waals surface area contributed by atoms with E-state index >= 15 is 0 Å². The van der Waals surface area contributed by atoms with E-state index in [9.17, 15) is 5.11 Å². The van der Waals surface area contributed by atoms with Gasteiger partial charge >= 0.3 is 0 Å². The molecule has 5 rings (SSSR count). The predicted molar refractivity (Wildman–Crippen MR) is 114 cm³/mol. The van der Waals surface area contributed by atoms with Crippen molar-refractivity contribution in [2.75, 3.05) is 19.9 Å². The first-order valence-corrected chi connectivity index (χ1v) is 10.8. The quantitative estimate of drug-likeness (QED) is 0.813. The van der Waals surface area contributed by atoms with E-state index in [1.165, 1.54) is 17.5 Å². The van der Waals surface area contributed by atoms with Crippen molar-refractivity contribution in [3.63, 3.8) is 0 Å². The van der Waals surface area contributed by atoms with E-state index in [-0.39, 0.29) is 12.0 Å². The number of fused-ring (bicyclic) bond motifs is 2. The van der Waals surface area contributed by atoms with Crippen LogP contribution < -0.4 is 9.47 Å². The molecule has 0 amide bonds. The van der Waals surface area contributed by atoms with Crippen LogP contribution in [0.5, 0.6) is 11.5 Å². The zero-order valence-electron chi connectivity index (χ0n) is 16.8. The Morgan fingerprint density at radius 1 is 1.03 bits per heavy atom. The first kappa shape index (κ1) is 18.7. The Labute approximate surface area is 172 Å². The second-order valence-electron chi connectivity index (χ2n) is 8.57. The molecule has 0 spiro atoms. The second-order valence-corrected chi connectivity index (χ2v) is 8.57. The summed E-state index contributed by atoms with van der Waals surface area (Å²) in [5, 5.41) is 11.4. The van der Waals surface area contributed by atoms with E-state index in [1.807, 2.05) is 12.1 Å². The molecule has 3 aliphatic rings. The summed E-state index contributed by atoms with van der Waals surface area (Å²) >= 11 is 0. The molecule has 0 bridgehead atoms. The summed E-state index contributed by atoms with van der Waals surface area (Å²) in [7, 11) is 0. The summed E-state index contributed by atoms with van der Waals surface area (Å²) in [6, 6.07) is 16.9. The van der Waals surface area contributed by atoms with Crippen LogP contribution in [0.4, 0.5) is 0 Å². The van der Waals surface area contributed by atoms with Gasteiger partial charge in [0.1, 0.15) is 0 Å². The van der Waals surface area contributed by atoms with Gasteiger partial charge in [-0.3, -0.25) is 4.90 Å². The van der Waals surface area contributed by atoms with Crippen LogP contribution in [0.1, 0.15) is 49.3 Å². The zero-order valence-corrected chi connectivity index (χ0v) is 16.8.